The maximum Gasteiger partial charge on any atom is 0.308 e. The number of benzene rings is 1. The van der Waals surface area contributed by atoms with Crippen LogP contribution in [0.3, 0.4) is 0 Å². The lowest BCUT2D eigenvalue weighted by Crippen LogP contribution is -2.37. The number of aliphatic hydroxyl groups excluding tert-OH is 1. The lowest BCUT2D eigenvalue weighted by molar-refractivity contribution is -0.158. The van der Waals surface area contributed by atoms with E-state index in [1.807, 2.05) is 0 Å². The number of phenolic OH excluding ortho intramolecular Hbond substituents is 1. The van der Waals surface area contributed by atoms with Crippen LogP contribution in [0.2, 0.25) is 0 Å². The predicted molar refractivity (Wildman–Crippen MR) is 82.9 cm³/mol. The number of phenols is 1. The Labute approximate surface area is 135 Å². The van der Waals surface area contributed by atoms with Crippen molar-refractivity contribution in [2.75, 3.05) is 13.2 Å². The van der Waals surface area contributed by atoms with Gasteiger partial charge in [-0.25, -0.2) is 0 Å². The van der Waals surface area contributed by atoms with E-state index in [4.69, 9.17) is 14.6 Å². The largest absolute Gasteiger partial charge is 0.508 e. The summed E-state index contributed by atoms with van der Waals surface area (Å²) in [6.45, 7) is 5.15. The van der Waals surface area contributed by atoms with Crippen LogP contribution >= 0.6 is 0 Å². The van der Waals surface area contributed by atoms with Crippen LogP contribution in [0.4, 0.5) is 0 Å². The number of aliphatic carboxylic acids is 1. The molecule has 4 N–H and O–H groups in total. The van der Waals surface area contributed by atoms with E-state index in [1.165, 1.54) is 12.1 Å². The average Bonchev–Trinajstić information content (AvgIpc) is 2.43. The fourth-order valence-electron chi connectivity index (χ4n) is 1.60. The molecule has 0 bridgehead atoms. The number of aryl methyl sites for hydroxylation is 1. The quantitative estimate of drug-likeness (QED) is 0.598. The molecule has 0 heterocycles. The fraction of sp³-hybridized carbons (Fsp3) is 0.500. The molecule has 1 aromatic carbocycles. The number of hydrogen-bond donors (Lipinski definition) is 4. The molecule has 0 saturated carbocycles. The van der Waals surface area contributed by atoms with Gasteiger partial charge in [-0.2, -0.15) is 0 Å². The minimum atomic E-state index is -1.80. The summed E-state index contributed by atoms with van der Waals surface area (Å²) < 4.78 is 4.94. The number of carbonyl (C=O) groups excluding carboxylic acids is 1. The summed E-state index contributed by atoms with van der Waals surface area (Å²) in [5, 5.41) is 36.9. The minimum absolute atomic E-state index is 0.136. The molecule has 0 spiro atoms. The van der Waals surface area contributed by atoms with Crippen LogP contribution < -0.4 is 0 Å². The van der Waals surface area contributed by atoms with Gasteiger partial charge in [0.25, 0.3) is 5.97 Å². The maximum atomic E-state index is 11.4. The third kappa shape index (κ3) is 7.12. The molecule has 1 atom stereocenters. The van der Waals surface area contributed by atoms with Crippen LogP contribution in [0.1, 0.15) is 31.9 Å². The van der Waals surface area contributed by atoms with Gasteiger partial charge in [0.05, 0.1) is 12.5 Å². The highest BCUT2D eigenvalue weighted by Gasteiger charge is 2.33. The third-order valence-corrected chi connectivity index (χ3v) is 2.84. The summed E-state index contributed by atoms with van der Waals surface area (Å²) in [5.41, 5.74) is -0.847. The van der Waals surface area contributed by atoms with Crippen LogP contribution in [0, 0.1) is 12.8 Å². The van der Waals surface area contributed by atoms with Crippen molar-refractivity contribution in [1.29, 1.82) is 0 Å². The Morgan fingerprint density at radius 1 is 1.30 bits per heavy atom. The standard InChI is InChI=1S/C14H20O5.C2H4O2/c1-9(2)13(17)19-8-14(18,7-15)11-5-4-10(3)6-12(11)16;1-2(3)4/h4-6,9,15-16,18H,7-8H2,1-3H3;1H3,(H,3,4). The molecule has 0 saturated heterocycles. The van der Waals surface area contributed by atoms with Gasteiger partial charge >= 0.3 is 5.97 Å². The molecule has 0 aliphatic carbocycles. The monoisotopic (exact) mass is 328 g/mol. The molecule has 130 valence electrons. The number of carbonyl (C=O) groups is 2. The van der Waals surface area contributed by atoms with E-state index in [-0.39, 0.29) is 17.2 Å². The van der Waals surface area contributed by atoms with Gasteiger partial charge in [-0.1, -0.05) is 26.0 Å². The second kappa shape index (κ2) is 9.12. The number of ether oxygens (including phenoxy) is 1. The molecule has 1 rings (SSSR count). The Bertz CT molecular complexity index is 535. The highest BCUT2D eigenvalue weighted by molar-refractivity contribution is 5.71. The SMILES string of the molecule is CC(=O)O.Cc1ccc(C(O)(CO)COC(=O)C(C)C)c(O)c1. The summed E-state index contributed by atoms with van der Waals surface area (Å²) in [4.78, 5) is 20.4. The highest BCUT2D eigenvalue weighted by atomic mass is 16.5. The molecule has 0 aromatic heterocycles. The summed E-state index contributed by atoms with van der Waals surface area (Å²) in [6.07, 6.45) is 0. The van der Waals surface area contributed by atoms with Crippen molar-refractivity contribution < 1.29 is 34.8 Å². The Hall–Kier alpha value is -2.12. The van der Waals surface area contributed by atoms with Gasteiger partial charge in [0, 0.05) is 12.5 Å². The van der Waals surface area contributed by atoms with Gasteiger partial charge in [0.2, 0.25) is 0 Å². The fourth-order valence-corrected chi connectivity index (χ4v) is 1.60. The van der Waals surface area contributed by atoms with Crippen LogP contribution in [0.25, 0.3) is 0 Å². The number of esters is 1. The van der Waals surface area contributed by atoms with Crippen molar-refractivity contribution in [3.05, 3.63) is 29.3 Å². The van der Waals surface area contributed by atoms with Crippen LogP contribution in [0.15, 0.2) is 18.2 Å². The van der Waals surface area contributed by atoms with Gasteiger partial charge < -0.3 is 25.2 Å². The van der Waals surface area contributed by atoms with Gasteiger partial charge in [-0.3, -0.25) is 9.59 Å². The first-order valence-electron chi connectivity index (χ1n) is 7.03. The van der Waals surface area contributed by atoms with Crippen molar-refractivity contribution in [1.82, 2.24) is 0 Å². The topological polar surface area (TPSA) is 124 Å². The Kier molecular flexibility index (Phi) is 8.28. The van der Waals surface area contributed by atoms with E-state index in [9.17, 15) is 20.1 Å². The molecule has 7 heteroatoms. The maximum absolute atomic E-state index is 11.4. The zero-order chi connectivity index (χ0) is 18.2. The van der Waals surface area contributed by atoms with Crippen LogP contribution in [-0.4, -0.2) is 45.6 Å². The third-order valence-electron chi connectivity index (χ3n) is 2.84. The lowest BCUT2D eigenvalue weighted by atomic mass is 9.93. The molecule has 0 aliphatic heterocycles. The van der Waals surface area contributed by atoms with Gasteiger partial charge in [-0.15, -0.1) is 0 Å². The summed E-state index contributed by atoms with van der Waals surface area (Å²) in [6, 6.07) is 4.67. The number of carboxylic acids is 1. The number of aromatic hydroxyl groups is 1. The van der Waals surface area contributed by atoms with Crippen molar-refractivity contribution in [3.8, 4) is 5.75 Å². The van der Waals surface area contributed by atoms with E-state index in [0.717, 1.165) is 12.5 Å². The Balaban J connectivity index is 0.00000108. The molecular weight excluding hydrogens is 304 g/mol. The van der Waals surface area contributed by atoms with E-state index in [0.29, 0.717) is 0 Å². The van der Waals surface area contributed by atoms with Crippen molar-refractivity contribution in [3.63, 3.8) is 0 Å². The van der Waals surface area contributed by atoms with Gasteiger partial charge in [0.15, 0.2) is 0 Å². The van der Waals surface area contributed by atoms with Crippen LogP contribution in [-0.2, 0) is 19.9 Å². The Morgan fingerprint density at radius 2 is 1.83 bits per heavy atom. The molecule has 0 fully saturated rings. The molecule has 1 unspecified atom stereocenters. The smallest absolute Gasteiger partial charge is 0.308 e. The van der Waals surface area contributed by atoms with Gasteiger partial charge in [0.1, 0.15) is 18.0 Å². The van der Waals surface area contributed by atoms with E-state index in [1.54, 1.807) is 26.8 Å². The number of carboxylic acid groups (broad SMARTS) is 1. The molecule has 1 aromatic rings. The zero-order valence-corrected chi connectivity index (χ0v) is 13.7. The van der Waals surface area contributed by atoms with E-state index in [2.05, 4.69) is 0 Å². The molecule has 0 aliphatic rings. The first-order chi connectivity index (χ1) is 10.5. The second-order valence-corrected chi connectivity index (χ2v) is 5.49. The zero-order valence-electron chi connectivity index (χ0n) is 13.7. The second-order valence-electron chi connectivity index (χ2n) is 5.49. The highest BCUT2D eigenvalue weighted by Crippen LogP contribution is 2.30. The van der Waals surface area contributed by atoms with E-state index >= 15 is 0 Å². The predicted octanol–water partition coefficient (Wildman–Crippen LogP) is 1.17. The van der Waals surface area contributed by atoms with Gasteiger partial charge in [-0.05, 0) is 18.6 Å². The van der Waals surface area contributed by atoms with Crippen molar-refractivity contribution in [2.24, 2.45) is 5.92 Å². The minimum Gasteiger partial charge on any atom is -0.508 e. The van der Waals surface area contributed by atoms with Crippen LogP contribution in [0.5, 0.6) is 5.75 Å². The molecular formula is C16H24O7. The average molecular weight is 328 g/mol. The Morgan fingerprint density at radius 3 is 2.22 bits per heavy atom. The summed E-state index contributed by atoms with van der Waals surface area (Å²) in [7, 11) is 0. The molecule has 7 nitrogen and oxygen atoms in total. The number of aliphatic hydroxyl groups is 2. The molecule has 0 amide bonds. The first kappa shape index (κ1) is 20.9. The summed E-state index contributed by atoms with van der Waals surface area (Å²) in [5.74, 6) is -1.77. The van der Waals surface area contributed by atoms with Crippen molar-refractivity contribution >= 4 is 11.9 Å². The lowest BCUT2D eigenvalue weighted by Gasteiger charge is -2.27. The first-order valence-corrected chi connectivity index (χ1v) is 7.03. The molecule has 23 heavy (non-hydrogen) atoms. The number of rotatable bonds is 5. The summed E-state index contributed by atoms with van der Waals surface area (Å²) >= 11 is 0. The van der Waals surface area contributed by atoms with E-state index < -0.39 is 30.8 Å². The molecule has 0 radical (unpaired) electrons. The number of hydrogen-bond acceptors (Lipinski definition) is 6. The normalized spacial score (nSPS) is 12.8. The van der Waals surface area contributed by atoms with Crippen molar-refractivity contribution in [2.45, 2.75) is 33.3 Å².